The van der Waals surface area contributed by atoms with Crippen molar-refractivity contribution in [2.75, 3.05) is 18.6 Å². The number of carbonyl (C=O) groups is 1. The van der Waals surface area contributed by atoms with Gasteiger partial charge in [-0.3, -0.25) is 4.79 Å². The summed E-state index contributed by atoms with van der Waals surface area (Å²) in [4.78, 5) is 15.2. The monoisotopic (exact) mass is 276 g/mol. The average Bonchev–Trinajstić information content (AvgIpc) is 2.90. The molecule has 4 heteroatoms. The summed E-state index contributed by atoms with van der Waals surface area (Å²) in [6, 6.07) is 7.71. The van der Waals surface area contributed by atoms with Crippen LogP contribution in [0, 0.1) is 0 Å². The second-order valence-corrected chi connectivity index (χ2v) is 5.54. The molecule has 1 heterocycles. The predicted molar refractivity (Wildman–Crippen MR) is 82.9 cm³/mol. The minimum Gasteiger partial charge on any atom is -0.361 e. The molecule has 1 aromatic carbocycles. The van der Waals surface area contributed by atoms with Crippen molar-refractivity contribution in [1.82, 2.24) is 10.3 Å². The van der Waals surface area contributed by atoms with E-state index in [1.165, 1.54) is 18.6 Å². The number of aromatic nitrogens is 1. The fraction of sp³-hybridized carbons (Fsp3) is 0.400. The van der Waals surface area contributed by atoms with Gasteiger partial charge in [-0.15, -0.1) is 0 Å². The van der Waals surface area contributed by atoms with E-state index in [1.807, 2.05) is 42.2 Å². The quantitative estimate of drug-likeness (QED) is 0.761. The van der Waals surface area contributed by atoms with E-state index in [0.29, 0.717) is 0 Å². The van der Waals surface area contributed by atoms with Gasteiger partial charge in [0.2, 0.25) is 0 Å². The van der Waals surface area contributed by atoms with Crippen molar-refractivity contribution in [1.29, 1.82) is 0 Å². The van der Waals surface area contributed by atoms with Crippen molar-refractivity contribution < 1.29 is 4.79 Å². The van der Waals surface area contributed by atoms with Gasteiger partial charge >= 0.3 is 0 Å². The second-order valence-electron chi connectivity index (χ2n) is 4.55. The maximum Gasteiger partial charge on any atom is 0.251 e. The number of hydrogen-bond donors (Lipinski definition) is 2. The molecule has 19 heavy (non-hydrogen) atoms. The van der Waals surface area contributed by atoms with E-state index in [2.05, 4.69) is 16.6 Å². The van der Waals surface area contributed by atoms with Crippen LogP contribution in [0.25, 0.3) is 10.9 Å². The van der Waals surface area contributed by atoms with E-state index < -0.39 is 0 Å². The number of hydrogen-bond acceptors (Lipinski definition) is 2. The molecule has 0 saturated carbocycles. The summed E-state index contributed by atoms with van der Waals surface area (Å²) in [5.41, 5.74) is 1.76. The predicted octanol–water partition coefficient (Wildman–Crippen LogP) is 3.43. The van der Waals surface area contributed by atoms with Gasteiger partial charge in [0.05, 0.1) is 0 Å². The van der Waals surface area contributed by atoms with Gasteiger partial charge in [0, 0.05) is 29.2 Å². The standard InChI is InChI=1S/C15H20N2OS/c1-19-11-4-2-3-9-17-15(18)13-6-5-7-14-12(13)8-10-16-14/h5-8,10,16H,2-4,9,11H2,1H3,(H,17,18). The van der Waals surface area contributed by atoms with E-state index in [1.54, 1.807) is 0 Å². The van der Waals surface area contributed by atoms with Crippen LogP contribution in [0.4, 0.5) is 0 Å². The van der Waals surface area contributed by atoms with Crippen molar-refractivity contribution >= 4 is 28.6 Å². The molecule has 0 aliphatic heterocycles. The van der Waals surface area contributed by atoms with E-state index in [4.69, 9.17) is 0 Å². The van der Waals surface area contributed by atoms with Gasteiger partial charge in [0.1, 0.15) is 0 Å². The number of benzene rings is 1. The Balaban J connectivity index is 1.85. The molecule has 0 unspecified atom stereocenters. The molecule has 0 fully saturated rings. The molecule has 0 spiro atoms. The molecule has 2 rings (SSSR count). The van der Waals surface area contributed by atoms with E-state index in [0.717, 1.165) is 29.4 Å². The minimum absolute atomic E-state index is 0.0232. The van der Waals surface area contributed by atoms with Crippen molar-refractivity contribution in [3.63, 3.8) is 0 Å². The number of thioether (sulfide) groups is 1. The third-order valence-electron chi connectivity index (χ3n) is 3.15. The highest BCUT2D eigenvalue weighted by molar-refractivity contribution is 7.98. The molecular weight excluding hydrogens is 256 g/mol. The van der Waals surface area contributed by atoms with Gasteiger partial charge in [-0.25, -0.2) is 0 Å². The molecule has 1 aromatic heterocycles. The first kappa shape index (κ1) is 14.0. The maximum absolute atomic E-state index is 12.1. The minimum atomic E-state index is 0.0232. The van der Waals surface area contributed by atoms with E-state index >= 15 is 0 Å². The Morgan fingerprint density at radius 3 is 3.00 bits per heavy atom. The summed E-state index contributed by atoms with van der Waals surface area (Å²) in [6.07, 6.45) is 7.44. The Morgan fingerprint density at radius 1 is 1.26 bits per heavy atom. The highest BCUT2D eigenvalue weighted by atomic mass is 32.2. The number of nitrogens with one attached hydrogen (secondary N) is 2. The molecular formula is C15H20N2OS. The summed E-state index contributed by atoms with van der Waals surface area (Å²) in [7, 11) is 0. The Kier molecular flexibility index (Phi) is 5.33. The highest BCUT2D eigenvalue weighted by Crippen LogP contribution is 2.17. The summed E-state index contributed by atoms with van der Waals surface area (Å²) < 4.78 is 0. The first-order valence-electron chi connectivity index (χ1n) is 6.66. The Hall–Kier alpha value is -1.42. The SMILES string of the molecule is CSCCCCCNC(=O)c1cccc2[nH]ccc12. The van der Waals surface area contributed by atoms with Crippen LogP contribution < -0.4 is 5.32 Å². The van der Waals surface area contributed by atoms with Gasteiger partial charge in [0.25, 0.3) is 5.91 Å². The fourth-order valence-corrected chi connectivity index (χ4v) is 2.62. The lowest BCUT2D eigenvalue weighted by Crippen LogP contribution is -2.24. The smallest absolute Gasteiger partial charge is 0.251 e. The Labute approximate surface area is 118 Å². The van der Waals surface area contributed by atoms with E-state index in [9.17, 15) is 4.79 Å². The van der Waals surface area contributed by atoms with Crippen LogP contribution in [0.15, 0.2) is 30.5 Å². The molecule has 0 aliphatic rings. The lowest BCUT2D eigenvalue weighted by atomic mass is 10.1. The normalized spacial score (nSPS) is 10.8. The van der Waals surface area contributed by atoms with Crippen LogP contribution in [-0.2, 0) is 0 Å². The lowest BCUT2D eigenvalue weighted by Gasteiger charge is -2.06. The summed E-state index contributed by atoms with van der Waals surface area (Å²) in [5.74, 6) is 1.23. The van der Waals surface area contributed by atoms with E-state index in [-0.39, 0.29) is 5.91 Å². The number of unbranched alkanes of at least 4 members (excludes halogenated alkanes) is 2. The van der Waals surface area contributed by atoms with Gasteiger partial charge in [0.15, 0.2) is 0 Å². The number of carbonyl (C=O) groups excluding carboxylic acids is 1. The van der Waals surface area contributed by atoms with Gasteiger partial charge in [-0.05, 0) is 43.0 Å². The molecule has 102 valence electrons. The van der Waals surface area contributed by atoms with Crippen LogP contribution in [0.2, 0.25) is 0 Å². The topological polar surface area (TPSA) is 44.9 Å². The molecule has 2 N–H and O–H groups in total. The van der Waals surface area contributed by atoms with Crippen molar-refractivity contribution in [2.24, 2.45) is 0 Å². The number of rotatable bonds is 7. The zero-order valence-electron chi connectivity index (χ0n) is 11.2. The molecule has 0 saturated heterocycles. The first-order valence-corrected chi connectivity index (χ1v) is 8.05. The maximum atomic E-state index is 12.1. The van der Waals surface area contributed by atoms with Gasteiger partial charge in [-0.2, -0.15) is 11.8 Å². The summed E-state index contributed by atoms with van der Waals surface area (Å²) >= 11 is 1.87. The third kappa shape index (κ3) is 3.77. The Morgan fingerprint density at radius 2 is 2.16 bits per heavy atom. The largest absolute Gasteiger partial charge is 0.361 e. The van der Waals surface area contributed by atoms with Crippen molar-refractivity contribution in [3.8, 4) is 0 Å². The average molecular weight is 276 g/mol. The number of amides is 1. The van der Waals surface area contributed by atoms with Crippen LogP contribution in [0.5, 0.6) is 0 Å². The van der Waals surface area contributed by atoms with Crippen LogP contribution in [0.3, 0.4) is 0 Å². The van der Waals surface area contributed by atoms with Crippen LogP contribution >= 0.6 is 11.8 Å². The summed E-state index contributed by atoms with van der Waals surface area (Å²) in [6.45, 7) is 0.758. The van der Waals surface area contributed by atoms with Gasteiger partial charge < -0.3 is 10.3 Å². The van der Waals surface area contributed by atoms with Gasteiger partial charge in [-0.1, -0.05) is 12.5 Å². The first-order chi connectivity index (χ1) is 9.33. The second kappa shape index (κ2) is 7.24. The van der Waals surface area contributed by atoms with Crippen LogP contribution in [0.1, 0.15) is 29.6 Å². The summed E-state index contributed by atoms with van der Waals surface area (Å²) in [5, 5.41) is 3.99. The number of H-pyrrole nitrogens is 1. The molecule has 0 atom stereocenters. The molecule has 0 bridgehead atoms. The van der Waals surface area contributed by atoms with Crippen molar-refractivity contribution in [3.05, 3.63) is 36.0 Å². The number of aromatic amines is 1. The zero-order chi connectivity index (χ0) is 13.5. The number of fused-ring (bicyclic) bond motifs is 1. The van der Waals surface area contributed by atoms with Crippen molar-refractivity contribution in [2.45, 2.75) is 19.3 Å². The Bertz CT molecular complexity index is 536. The molecule has 2 aromatic rings. The molecule has 1 amide bonds. The highest BCUT2D eigenvalue weighted by Gasteiger charge is 2.09. The molecule has 0 aliphatic carbocycles. The fourth-order valence-electron chi connectivity index (χ4n) is 2.13. The third-order valence-corrected chi connectivity index (χ3v) is 3.85. The molecule has 0 radical (unpaired) electrons. The lowest BCUT2D eigenvalue weighted by molar-refractivity contribution is 0.0954. The zero-order valence-corrected chi connectivity index (χ0v) is 12.1. The molecule has 3 nitrogen and oxygen atoms in total. The van der Waals surface area contributed by atoms with Crippen LogP contribution in [-0.4, -0.2) is 29.4 Å².